The molecule has 1 N–H and O–H groups in total. The number of hydrogen-bond acceptors (Lipinski definition) is 5. The summed E-state index contributed by atoms with van der Waals surface area (Å²) in [5.41, 5.74) is 0.215. The summed E-state index contributed by atoms with van der Waals surface area (Å²) in [5.74, 6) is -0.348. The van der Waals surface area contributed by atoms with Crippen molar-refractivity contribution in [3.63, 3.8) is 0 Å². The van der Waals surface area contributed by atoms with Crippen LogP contribution in [0, 0.1) is 5.82 Å². The molecule has 2 aromatic carbocycles. The van der Waals surface area contributed by atoms with E-state index in [9.17, 15) is 17.6 Å². The molecule has 1 fully saturated rings. The van der Waals surface area contributed by atoms with Gasteiger partial charge in [-0.1, -0.05) is 0 Å². The van der Waals surface area contributed by atoms with E-state index >= 15 is 0 Å². The summed E-state index contributed by atoms with van der Waals surface area (Å²) in [5, 5.41) is 2.80. The molecular formula is C23H30FN3O4S. The van der Waals surface area contributed by atoms with Gasteiger partial charge in [0, 0.05) is 6.54 Å². The second kappa shape index (κ2) is 11.3. The molecule has 1 heterocycles. The number of sulfonamides is 1. The summed E-state index contributed by atoms with van der Waals surface area (Å²) in [7, 11) is -4.05. The number of ether oxygens (including phenoxy) is 1. The molecule has 174 valence electrons. The first kappa shape index (κ1) is 24.0. The zero-order valence-corrected chi connectivity index (χ0v) is 19.1. The van der Waals surface area contributed by atoms with Crippen LogP contribution in [0.15, 0.2) is 53.4 Å². The van der Waals surface area contributed by atoms with E-state index in [1.54, 1.807) is 12.1 Å². The predicted octanol–water partition coefficient (Wildman–Crippen LogP) is 3.02. The summed E-state index contributed by atoms with van der Waals surface area (Å²) in [6.07, 6.45) is 3.22. The van der Waals surface area contributed by atoms with Gasteiger partial charge in [-0.2, -0.15) is 0 Å². The van der Waals surface area contributed by atoms with Gasteiger partial charge in [0.15, 0.2) is 0 Å². The molecule has 1 amide bonds. The molecule has 1 aliphatic rings. The highest BCUT2D eigenvalue weighted by Gasteiger charge is 2.27. The van der Waals surface area contributed by atoms with Crippen molar-refractivity contribution in [1.82, 2.24) is 10.2 Å². The van der Waals surface area contributed by atoms with E-state index < -0.39 is 28.3 Å². The van der Waals surface area contributed by atoms with Crippen molar-refractivity contribution in [2.24, 2.45) is 0 Å². The molecule has 0 bridgehead atoms. The lowest BCUT2D eigenvalue weighted by atomic mass is 10.3. The van der Waals surface area contributed by atoms with E-state index in [4.69, 9.17) is 4.74 Å². The van der Waals surface area contributed by atoms with E-state index in [2.05, 4.69) is 10.2 Å². The molecule has 1 aliphatic heterocycles. The summed E-state index contributed by atoms with van der Waals surface area (Å²) < 4.78 is 46.4. The zero-order chi connectivity index (χ0) is 23.0. The molecule has 1 saturated heterocycles. The minimum absolute atomic E-state index is 0.0205. The van der Waals surface area contributed by atoms with Gasteiger partial charge in [-0.05, 0) is 94.4 Å². The number of benzene rings is 2. The van der Waals surface area contributed by atoms with Crippen LogP contribution < -0.4 is 14.4 Å². The fourth-order valence-corrected chi connectivity index (χ4v) is 5.07. The molecule has 0 aliphatic carbocycles. The number of carbonyl (C=O) groups excluding carboxylic acids is 1. The lowest BCUT2D eigenvalue weighted by Crippen LogP contribution is -2.41. The molecular weight excluding hydrogens is 433 g/mol. The average molecular weight is 464 g/mol. The Hall–Kier alpha value is -2.65. The third kappa shape index (κ3) is 6.43. The highest BCUT2D eigenvalue weighted by atomic mass is 32.2. The van der Waals surface area contributed by atoms with Gasteiger partial charge < -0.3 is 15.0 Å². The van der Waals surface area contributed by atoms with Crippen LogP contribution in [0.4, 0.5) is 10.1 Å². The van der Waals surface area contributed by atoms with E-state index in [1.807, 2.05) is 6.92 Å². The van der Waals surface area contributed by atoms with Crippen LogP contribution in [0.1, 0.15) is 26.2 Å². The van der Waals surface area contributed by atoms with Gasteiger partial charge in [-0.25, -0.2) is 12.8 Å². The minimum Gasteiger partial charge on any atom is -0.494 e. The maximum absolute atomic E-state index is 13.4. The van der Waals surface area contributed by atoms with Crippen molar-refractivity contribution in [2.45, 2.75) is 31.1 Å². The number of amides is 1. The number of rotatable bonds is 11. The molecule has 0 atom stereocenters. The molecule has 32 heavy (non-hydrogen) atoms. The van der Waals surface area contributed by atoms with E-state index in [-0.39, 0.29) is 10.6 Å². The summed E-state index contributed by atoms with van der Waals surface area (Å²) in [6.45, 7) is 5.46. The molecule has 0 saturated carbocycles. The number of nitrogens with zero attached hydrogens (tertiary/aromatic N) is 2. The third-order valence-corrected chi connectivity index (χ3v) is 7.08. The van der Waals surface area contributed by atoms with Gasteiger partial charge in [0.1, 0.15) is 18.1 Å². The minimum atomic E-state index is -4.05. The van der Waals surface area contributed by atoms with Crippen molar-refractivity contribution in [2.75, 3.05) is 43.6 Å². The monoisotopic (exact) mass is 463 g/mol. The second-order valence-electron chi connectivity index (χ2n) is 7.64. The molecule has 0 unspecified atom stereocenters. The number of hydrogen-bond donors (Lipinski definition) is 1. The third-order valence-electron chi connectivity index (χ3n) is 5.30. The highest BCUT2D eigenvalue weighted by molar-refractivity contribution is 7.92. The molecule has 0 aromatic heterocycles. The van der Waals surface area contributed by atoms with Crippen molar-refractivity contribution in [1.29, 1.82) is 0 Å². The smallest absolute Gasteiger partial charge is 0.264 e. The standard InChI is InChI=1S/C23H30FN3O4S/c1-2-31-21-10-12-22(13-11-21)32(29,30)27(20-8-6-19(24)7-9-20)18-23(28)25-14-5-17-26-15-3-4-16-26/h6-13H,2-5,14-18H2,1H3,(H,25,28). The molecule has 2 aromatic rings. The molecule has 0 spiro atoms. The number of anilines is 1. The summed E-state index contributed by atoms with van der Waals surface area (Å²) in [4.78, 5) is 15.0. The molecule has 7 nitrogen and oxygen atoms in total. The van der Waals surface area contributed by atoms with Gasteiger partial charge in [-0.15, -0.1) is 0 Å². The predicted molar refractivity (Wildman–Crippen MR) is 122 cm³/mol. The number of carbonyl (C=O) groups is 1. The van der Waals surface area contributed by atoms with Crippen molar-refractivity contribution >= 4 is 21.6 Å². The first-order chi connectivity index (χ1) is 15.4. The van der Waals surface area contributed by atoms with E-state index in [0.717, 1.165) is 30.4 Å². The first-order valence-electron chi connectivity index (χ1n) is 10.9. The number of nitrogens with one attached hydrogen (secondary N) is 1. The van der Waals surface area contributed by atoms with Crippen LogP contribution in [0.5, 0.6) is 5.75 Å². The van der Waals surface area contributed by atoms with Gasteiger partial charge in [0.25, 0.3) is 10.0 Å². The van der Waals surface area contributed by atoms with Crippen LogP contribution >= 0.6 is 0 Å². The van der Waals surface area contributed by atoms with Gasteiger partial charge in [0.2, 0.25) is 5.91 Å². The van der Waals surface area contributed by atoms with Crippen molar-refractivity contribution < 1.29 is 22.3 Å². The maximum atomic E-state index is 13.4. The Labute approximate surface area is 189 Å². The Balaban J connectivity index is 1.71. The van der Waals surface area contributed by atoms with Crippen molar-refractivity contribution in [3.05, 3.63) is 54.3 Å². The Kier molecular flexibility index (Phi) is 8.46. The number of halogens is 1. The molecule has 9 heteroatoms. The highest BCUT2D eigenvalue weighted by Crippen LogP contribution is 2.25. The van der Waals surface area contributed by atoms with Crippen molar-refractivity contribution in [3.8, 4) is 5.75 Å². The quantitative estimate of drug-likeness (QED) is 0.519. The summed E-state index contributed by atoms with van der Waals surface area (Å²) in [6, 6.07) is 11.0. The average Bonchev–Trinajstić information content (AvgIpc) is 3.30. The van der Waals surface area contributed by atoms with Gasteiger partial charge in [-0.3, -0.25) is 9.10 Å². The van der Waals surface area contributed by atoms with E-state index in [0.29, 0.717) is 18.9 Å². The van der Waals surface area contributed by atoms with Crippen LogP contribution in [0.2, 0.25) is 0 Å². The topological polar surface area (TPSA) is 79.0 Å². The van der Waals surface area contributed by atoms with Gasteiger partial charge >= 0.3 is 0 Å². The normalized spacial score (nSPS) is 14.3. The van der Waals surface area contributed by atoms with E-state index in [1.165, 1.54) is 49.2 Å². The number of likely N-dealkylation sites (tertiary alicyclic amines) is 1. The maximum Gasteiger partial charge on any atom is 0.264 e. The lowest BCUT2D eigenvalue weighted by molar-refractivity contribution is -0.119. The van der Waals surface area contributed by atoms with Crippen LogP contribution in [-0.4, -0.2) is 58.6 Å². The second-order valence-corrected chi connectivity index (χ2v) is 9.51. The van der Waals surface area contributed by atoms with Crippen LogP contribution in [0.3, 0.4) is 0 Å². The van der Waals surface area contributed by atoms with Crippen LogP contribution in [-0.2, 0) is 14.8 Å². The zero-order valence-electron chi connectivity index (χ0n) is 18.3. The molecule has 3 rings (SSSR count). The molecule has 0 radical (unpaired) electrons. The fourth-order valence-electron chi connectivity index (χ4n) is 3.65. The first-order valence-corrected chi connectivity index (χ1v) is 12.3. The largest absolute Gasteiger partial charge is 0.494 e. The Morgan fingerprint density at radius 3 is 2.38 bits per heavy atom. The Morgan fingerprint density at radius 2 is 1.75 bits per heavy atom. The lowest BCUT2D eigenvalue weighted by Gasteiger charge is -2.24. The fraction of sp³-hybridized carbons (Fsp3) is 0.435. The van der Waals surface area contributed by atoms with Gasteiger partial charge in [0.05, 0.1) is 17.2 Å². The Bertz CT molecular complexity index is 975. The Morgan fingerprint density at radius 1 is 1.09 bits per heavy atom. The van der Waals surface area contributed by atoms with Crippen LogP contribution in [0.25, 0.3) is 0 Å². The SMILES string of the molecule is CCOc1ccc(S(=O)(=O)N(CC(=O)NCCCN2CCCC2)c2ccc(F)cc2)cc1. The summed E-state index contributed by atoms with van der Waals surface area (Å²) >= 11 is 0.